The Morgan fingerprint density at radius 2 is 1.85 bits per heavy atom. The molecule has 0 aliphatic heterocycles. The highest BCUT2D eigenvalue weighted by Crippen LogP contribution is 2.28. The largest absolute Gasteiger partial charge is 0.493 e. The third kappa shape index (κ3) is 4.96. The standard InChI is InChI=1S/C20H17BrN2O3S/c1-25-17-9-3-13(11-18(17)26-2)4-10-19(24)23-20-22-16(12-27-20)14-5-7-15(21)8-6-14/h3-12H,1-2H3,(H,22,23,24)/b10-4+. The van der Waals surface area contributed by atoms with Crippen LogP contribution >= 0.6 is 27.3 Å². The number of anilines is 1. The van der Waals surface area contributed by atoms with Gasteiger partial charge in [0.2, 0.25) is 5.91 Å². The highest BCUT2D eigenvalue weighted by molar-refractivity contribution is 9.10. The summed E-state index contributed by atoms with van der Waals surface area (Å²) < 4.78 is 11.5. The average Bonchev–Trinajstić information content (AvgIpc) is 3.15. The zero-order valence-corrected chi connectivity index (χ0v) is 17.1. The number of halogens is 1. The van der Waals surface area contributed by atoms with Crippen molar-refractivity contribution in [3.8, 4) is 22.8 Å². The van der Waals surface area contributed by atoms with Gasteiger partial charge in [-0.2, -0.15) is 0 Å². The second-order valence-corrected chi connectivity index (χ2v) is 7.26. The first-order chi connectivity index (χ1) is 13.1. The summed E-state index contributed by atoms with van der Waals surface area (Å²) in [6.45, 7) is 0. The maximum atomic E-state index is 12.2. The molecule has 0 radical (unpaired) electrons. The third-order valence-corrected chi connectivity index (χ3v) is 5.00. The van der Waals surface area contributed by atoms with Crippen molar-refractivity contribution in [2.24, 2.45) is 0 Å². The van der Waals surface area contributed by atoms with Crippen molar-refractivity contribution < 1.29 is 14.3 Å². The van der Waals surface area contributed by atoms with Crippen LogP contribution in [0.2, 0.25) is 0 Å². The summed E-state index contributed by atoms with van der Waals surface area (Å²) in [4.78, 5) is 16.6. The quantitative estimate of drug-likeness (QED) is 0.527. The van der Waals surface area contributed by atoms with Gasteiger partial charge in [0.1, 0.15) is 0 Å². The Bertz CT molecular complexity index is 968. The van der Waals surface area contributed by atoms with E-state index in [1.807, 2.05) is 35.7 Å². The average molecular weight is 445 g/mol. The van der Waals surface area contributed by atoms with Gasteiger partial charge in [-0.05, 0) is 35.9 Å². The molecule has 0 saturated carbocycles. The third-order valence-electron chi connectivity index (χ3n) is 3.71. The Labute approximate surface area is 169 Å². The van der Waals surface area contributed by atoms with E-state index >= 15 is 0 Å². The monoisotopic (exact) mass is 444 g/mol. The van der Waals surface area contributed by atoms with Crippen molar-refractivity contribution in [3.05, 3.63) is 64.0 Å². The van der Waals surface area contributed by atoms with Crippen molar-refractivity contribution in [1.29, 1.82) is 0 Å². The number of nitrogens with one attached hydrogen (secondary N) is 1. The second-order valence-electron chi connectivity index (χ2n) is 5.48. The number of hydrogen-bond acceptors (Lipinski definition) is 5. The predicted molar refractivity (Wildman–Crippen MR) is 112 cm³/mol. The molecule has 0 bridgehead atoms. The molecule has 27 heavy (non-hydrogen) atoms. The van der Waals surface area contributed by atoms with E-state index in [0.717, 1.165) is 21.3 Å². The smallest absolute Gasteiger partial charge is 0.250 e. The number of hydrogen-bond donors (Lipinski definition) is 1. The molecule has 1 aromatic heterocycles. The van der Waals surface area contributed by atoms with Crippen LogP contribution in [0, 0.1) is 0 Å². The van der Waals surface area contributed by atoms with Gasteiger partial charge in [0.15, 0.2) is 16.6 Å². The second kappa shape index (κ2) is 8.83. The first-order valence-electron chi connectivity index (χ1n) is 8.01. The Balaban J connectivity index is 1.66. The van der Waals surface area contributed by atoms with Crippen molar-refractivity contribution >= 4 is 44.4 Å². The van der Waals surface area contributed by atoms with E-state index in [1.54, 1.807) is 32.4 Å². The Morgan fingerprint density at radius 1 is 1.11 bits per heavy atom. The molecule has 138 valence electrons. The molecule has 3 aromatic rings. The van der Waals surface area contributed by atoms with E-state index < -0.39 is 0 Å². The SMILES string of the molecule is COc1ccc(/C=C/C(=O)Nc2nc(-c3ccc(Br)cc3)cs2)cc1OC. The van der Waals surface area contributed by atoms with Gasteiger partial charge in [0.25, 0.3) is 0 Å². The molecule has 1 heterocycles. The van der Waals surface area contributed by atoms with E-state index in [1.165, 1.54) is 17.4 Å². The number of rotatable bonds is 6. The summed E-state index contributed by atoms with van der Waals surface area (Å²) in [5, 5.41) is 5.25. The zero-order valence-electron chi connectivity index (χ0n) is 14.7. The summed E-state index contributed by atoms with van der Waals surface area (Å²) in [5.41, 5.74) is 2.65. The molecule has 0 fully saturated rings. The molecular formula is C20H17BrN2O3S. The topological polar surface area (TPSA) is 60.5 Å². The fourth-order valence-corrected chi connectivity index (χ4v) is 3.35. The summed E-state index contributed by atoms with van der Waals surface area (Å²) in [5.74, 6) is 1.00. The highest BCUT2D eigenvalue weighted by atomic mass is 79.9. The van der Waals surface area contributed by atoms with Gasteiger partial charge < -0.3 is 9.47 Å². The minimum Gasteiger partial charge on any atom is -0.493 e. The molecule has 2 aromatic carbocycles. The van der Waals surface area contributed by atoms with Crippen molar-refractivity contribution in [2.75, 3.05) is 19.5 Å². The van der Waals surface area contributed by atoms with Gasteiger partial charge in [0, 0.05) is 21.5 Å². The number of benzene rings is 2. The van der Waals surface area contributed by atoms with Crippen LogP contribution in [0.1, 0.15) is 5.56 Å². The van der Waals surface area contributed by atoms with Crippen LogP contribution in [0.25, 0.3) is 17.3 Å². The molecule has 7 heteroatoms. The lowest BCUT2D eigenvalue weighted by Gasteiger charge is -2.07. The summed E-state index contributed by atoms with van der Waals surface area (Å²) in [6, 6.07) is 13.3. The first-order valence-corrected chi connectivity index (χ1v) is 9.69. The molecule has 0 aliphatic rings. The zero-order chi connectivity index (χ0) is 19.2. The first kappa shape index (κ1) is 19.1. The normalized spacial score (nSPS) is 10.8. The van der Waals surface area contributed by atoms with Crippen molar-refractivity contribution in [3.63, 3.8) is 0 Å². The molecule has 0 saturated heterocycles. The van der Waals surface area contributed by atoms with E-state index in [0.29, 0.717) is 16.6 Å². The Kier molecular flexibility index (Phi) is 6.26. The van der Waals surface area contributed by atoms with Gasteiger partial charge in [0.05, 0.1) is 19.9 Å². The Morgan fingerprint density at radius 3 is 2.56 bits per heavy atom. The minimum absolute atomic E-state index is 0.249. The van der Waals surface area contributed by atoms with Gasteiger partial charge in [-0.15, -0.1) is 11.3 Å². The summed E-state index contributed by atoms with van der Waals surface area (Å²) >= 11 is 4.80. The predicted octanol–water partition coefficient (Wildman–Crippen LogP) is 5.24. The summed E-state index contributed by atoms with van der Waals surface area (Å²) in [6.07, 6.45) is 3.17. The van der Waals surface area contributed by atoms with Gasteiger partial charge in [-0.3, -0.25) is 10.1 Å². The van der Waals surface area contributed by atoms with Crippen LogP contribution in [0.3, 0.4) is 0 Å². The van der Waals surface area contributed by atoms with Crippen LogP contribution in [0.4, 0.5) is 5.13 Å². The summed E-state index contributed by atoms with van der Waals surface area (Å²) in [7, 11) is 3.15. The van der Waals surface area contributed by atoms with Gasteiger partial charge in [-0.1, -0.05) is 34.1 Å². The van der Waals surface area contributed by atoms with Crippen molar-refractivity contribution in [1.82, 2.24) is 4.98 Å². The van der Waals surface area contributed by atoms with E-state index in [4.69, 9.17) is 9.47 Å². The molecule has 0 spiro atoms. The maximum absolute atomic E-state index is 12.2. The lowest BCUT2D eigenvalue weighted by atomic mass is 10.2. The van der Waals surface area contributed by atoms with E-state index in [2.05, 4.69) is 26.2 Å². The van der Waals surface area contributed by atoms with Crippen molar-refractivity contribution in [2.45, 2.75) is 0 Å². The molecule has 0 unspecified atom stereocenters. The minimum atomic E-state index is -0.249. The lowest BCUT2D eigenvalue weighted by Crippen LogP contribution is -2.07. The van der Waals surface area contributed by atoms with E-state index in [-0.39, 0.29) is 5.91 Å². The number of thiazole rings is 1. The number of amides is 1. The number of carbonyl (C=O) groups is 1. The van der Waals surface area contributed by atoms with Crippen LogP contribution in [0.15, 0.2) is 58.4 Å². The number of ether oxygens (including phenoxy) is 2. The van der Waals surface area contributed by atoms with Crippen LogP contribution in [-0.2, 0) is 4.79 Å². The molecule has 0 atom stereocenters. The molecule has 5 nitrogen and oxygen atoms in total. The van der Waals surface area contributed by atoms with Crippen LogP contribution in [0.5, 0.6) is 11.5 Å². The molecule has 0 aliphatic carbocycles. The van der Waals surface area contributed by atoms with E-state index in [9.17, 15) is 4.79 Å². The van der Waals surface area contributed by atoms with Gasteiger partial charge >= 0.3 is 0 Å². The van der Waals surface area contributed by atoms with Crippen LogP contribution < -0.4 is 14.8 Å². The Hall–Kier alpha value is -2.64. The number of nitrogens with zero attached hydrogens (tertiary/aromatic N) is 1. The number of aromatic nitrogens is 1. The fraction of sp³-hybridized carbons (Fsp3) is 0.100. The molecular weight excluding hydrogens is 428 g/mol. The molecule has 1 amide bonds. The molecule has 1 N–H and O–H groups in total. The maximum Gasteiger partial charge on any atom is 0.250 e. The lowest BCUT2D eigenvalue weighted by molar-refractivity contribution is -0.111. The number of methoxy groups -OCH3 is 2. The fourth-order valence-electron chi connectivity index (χ4n) is 2.36. The highest BCUT2D eigenvalue weighted by Gasteiger charge is 2.07. The molecule has 3 rings (SSSR count). The number of carbonyl (C=O) groups excluding carboxylic acids is 1. The van der Waals surface area contributed by atoms with Crippen LogP contribution in [-0.4, -0.2) is 25.1 Å². The van der Waals surface area contributed by atoms with Gasteiger partial charge in [-0.25, -0.2) is 4.98 Å².